The second-order valence-corrected chi connectivity index (χ2v) is 3.77. The number of methoxy groups -OCH3 is 1. The smallest absolute Gasteiger partial charge is 0.251 e. The van der Waals surface area contributed by atoms with Crippen LogP contribution in [0.5, 0.6) is 5.75 Å². The van der Waals surface area contributed by atoms with E-state index in [1.807, 2.05) is 0 Å². The quantitative estimate of drug-likeness (QED) is 0.895. The zero-order chi connectivity index (χ0) is 13.0. The van der Waals surface area contributed by atoms with Crippen molar-refractivity contribution in [3.63, 3.8) is 0 Å². The first-order valence-corrected chi connectivity index (χ1v) is 5.52. The highest BCUT2D eigenvalue weighted by atomic mass is 16.5. The van der Waals surface area contributed by atoms with E-state index < -0.39 is 0 Å². The van der Waals surface area contributed by atoms with Gasteiger partial charge in [-0.15, -0.1) is 0 Å². The molecule has 0 radical (unpaired) electrons. The Morgan fingerprint density at radius 3 is 3.00 bits per heavy atom. The summed E-state index contributed by atoms with van der Waals surface area (Å²) in [6.45, 7) is 2.10. The van der Waals surface area contributed by atoms with Crippen LogP contribution in [-0.2, 0) is 6.54 Å². The number of amides is 1. The number of aromatic nitrogens is 1. The van der Waals surface area contributed by atoms with E-state index in [0.717, 1.165) is 0 Å². The Morgan fingerprint density at radius 1 is 1.50 bits per heavy atom. The van der Waals surface area contributed by atoms with Crippen molar-refractivity contribution in [3.05, 3.63) is 47.7 Å². The number of hydrogen-bond acceptors (Lipinski definition) is 4. The summed E-state index contributed by atoms with van der Waals surface area (Å²) in [7, 11) is 1.56. The summed E-state index contributed by atoms with van der Waals surface area (Å²) in [4.78, 5) is 16.0. The van der Waals surface area contributed by atoms with Gasteiger partial charge in [-0.05, 0) is 18.2 Å². The first kappa shape index (κ1) is 12.2. The zero-order valence-corrected chi connectivity index (χ0v) is 10.3. The number of ether oxygens (including phenoxy) is 1. The van der Waals surface area contributed by atoms with Crippen molar-refractivity contribution in [2.45, 2.75) is 13.5 Å². The highest BCUT2D eigenvalue weighted by molar-refractivity contribution is 5.94. The van der Waals surface area contributed by atoms with Crippen LogP contribution < -0.4 is 10.1 Å². The van der Waals surface area contributed by atoms with Crippen molar-refractivity contribution >= 4 is 5.91 Å². The fourth-order valence-corrected chi connectivity index (χ4v) is 1.53. The van der Waals surface area contributed by atoms with E-state index in [-0.39, 0.29) is 5.91 Å². The van der Waals surface area contributed by atoms with Crippen molar-refractivity contribution in [2.75, 3.05) is 7.11 Å². The maximum absolute atomic E-state index is 11.9. The van der Waals surface area contributed by atoms with Gasteiger partial charge in [-0.1, -0.05) is 6.07 Å². The van der Waals surface area contributed by atoms with Crippen LogP contribution >= 0.6 is 0 Å². The van der Waals surface area contributed by atoms with Crippen molar-refractivity contribution < 1.29 is 13.9 Å². The second-order valence-electron chi connectivity index (χ2n) is 3.77. The normalized spacial score (nSPS) is 10.1. The molecule has 5 nitrogen and oxygen atoms in total. The van der Waals surface area contributed by atoms with Crippen LogP contribution in [0.25, 0.3) is 0 Å². The summed E-state index contributed by atoms with van der Waals surface area (Å²) in [6, 6.07) is 6.97. The van der Waals surface area contributed by atoms with Gasteiger partial charge in [-0.25, -0.2) is 4.98 Å². The van der Waals surface area contributed by atoms with Gasteiger partial charge in [-0.2, -0.15) is 0 Å². The van der Waals surface area contributed by atoms with E-state index in [1.54, 1.807) is 38.3 Å². The summed E-state index contributed by atoms with van der Waals surface area (Å²) >= 11 is 0. The highest BCUT2D eigenvalue weighted by Gasteiger charge is 2.07. The molecular weight excluding hydrogens is 232 g/mol. The monoisotopic (exact) mass is 246 g/mol. The number of hydrogen-bond donors (Lipinski definition) is 1. The predicted octanol–water partition coefficient (Wildman–Crippen LogP) is 1.92. The van der Waals surface area contributed by atoms with Crippen LogP contribution in [0.3, 0.4) is 0 Å². The summed E-state index contributed by atoms with van der Waals surface area (Å²) < 4.78 is 10.1. The third-order valence-electron chi connectivity index (χ3n) is 2.43. The maximum Gasteiger partial charge on any atom is 0.251 e. The van der Waals surface area contributed by atoms with Gasteiger partial charge >= 0.3 is 0 Å². The Hall–Kier alpha value is -2.30. The molecule has 0 bridgehead atoms. The number of benzene rings is 1. The summed E-state index contributed by atoms with van der Waals surface area (Å²) in [5, 5.41) is 2.76. The molecule has 0 unspecified atom stereocenters. The SMILES string of the molecule is COc1cccc(C(=O)NCc2coc(C)n2)c1. The number of carbonyl (C=O) groups is 1. The van der Waals surface area contributed by atoms with Crippen molar-refractivity contribution in [1.82, 2.24) is 10.3 Å². The lowest BCUT2D eigenvalue weighted by atomic mass is 10.2. The molecule has 1 aromatic carbocycles. The lowest BCUT2D eigenvalue weighted by Gasteiger charge is -2.05. The molecule has 0 aliphatic rings. The first-order valence-electron chi connectivity index (χ1n) is 5.52. The molecule has 1 heterocycles. The molecular formula is C13H14N2O3. The molecule has 0 spiro atoms. The minimum atomic E-state index is -0.172. The predicted molar refractivity (Wildman–Crippen MR) is 65.4 cm³/mol. The van der Waals surface area contributed by atoms with Gasteiger partial charge in [0.2, 0.25) is 0 Å². The molecule has 0 fully saturated rings. The summed E-state index contributed by atoms with van der Waals surface area (Å²) in [5.74, 6) is 1.06. The highest BCUT2D eigenvalue weighted by Crippen LogP contribution is 2.12. The number of aryl methyl sites for hydroxylation is 1. The fraction of sp³-hybridized carbons (Fsp3) is 0.231. The van der Waals surface area contributed by atoms with Crippen molar-refractivity contribution in [3.8, 4) is 5.75 Å². The zero-order valence-electron chi connectivity index (χ0n) is 10.3. The van der Waals surface area contributed by atoms with Gasteiger partial charge in [-0.3, -0.25) is 4.79 Å². The molecule has 0 saturated carbocycles. The summed E-state index contributed by atoms with van der Waals surface area (Å²) in [5.41, 5.74) is 1.25. The molecule has 18 heavy (non-hydrogen) atoms. The second kappa shape index (κ2) is 5.35. The third-order valence-corrected chi connectivity index (χ3v) is 2.43. The average molecular weight is 246 g/mol. The fourth-order valence-electron chi connectivity index (χ4n) is 1.53. The minimum absolute atomic E-state index is 0.172. The number of carbonyl (C=O) groups excluding carboxylic acids is 1. The molecule has 1 amide bonds. The van der Waals surface area contributed by atoms with E-state index >= 15 is 0 Å². The van der Waals surface area contributed by atoms with Crippen LogP contribution in [0, 0.1) is 6.92 Å². The van der Waals surface area contributed by atoms with Crippen LogP contribution in [0.1, 0.15) is 21.9 Å². The molecule has 2 aromatic rings. The van der Waals surface area contributed by atoms with Crippen LogP contribution in [-0.4, -0.2) is 18.0 Å². The number of oxazole rings is 1. The topological polar surface area (TPSA) is 64.4 Å². The van der Waals surface area contributed by atoms with Crippen LogP contribution in [0.2, 0.25) is 0 Å². The number of nitrogens with zero attached hydrogens (tertiary/aromatic N) is 1. The first-order chi connectivity index (χ1) is 8.69. The van der Waals surface area contributed by atoms with Crippen LogP contribution in [0.15, 0.2) is 34.9 Å². The van der Waals surface area contributed by atoms with E-state index in [1.165, 1.54) is 6.26 Å². The van der Waals surface area contributed by atoms with Gasteiger partial charge in [0, 0.05) is 12.5 Å². The molecule has 2 rings (SSSR count). The van der Waals surface area contributed by atoms with E-state index in [4.69, 9.17) is 9.15 Å². The average Bonchev–Trinajstić information content (AvgIpc) is 2.82. The molecule has 0 atom stereocenters. The van der Waals surface area contributed by atoms with Crippen LogP contribution in [0.4, 0.5) is 0 Å². The third kappa shape index (κ3) is 2.88. The minimum Gasteiger partial charge on any atom is -0.497 e. The Bertz CT molecular complexity index is 549. The Labute approximate surface area is 105 Å². The van der Waals surface area contributed by atoms with Crippen molar-refractivity contribution in [1.29, 1.82) is 0 Å². The number of nitrogens with one attached hydrogen (secondary N) is 1. The van der Waals surface area contributed by atoms with E-state index in [9.17, 15) is 4.79 Å². The summed E-state index contributed by atoms with van der Waals surface area (Å²) in [6.07, 6.45) is 1.53. The molecule has 0 aliphatic heterocycles. The van der Waals surface area contributed by atoms with Gasteiger partial charge in [0.05, 0.1) is 19.3 Å². The maximum atomic E-state index is 11.9. The molecule has 0 aliphatic carbocycles. The van der Waals surface area contributed by atoms with Gasteiger partial charge in [0.15, 0.2) is 5.89 Å². The molecule has 1 aromatic heterocycles. The lowest BCUT2D eigenvalue weighted by Crippen LogP contribution is -2.22. The van der Waals surface area contributed by atoms with Gasteiger partial charge in [0.25, 0.3) is 5.91 Å². The van der Waals surface area contributed by atoms with E-state index in [2.05, 4.69) is 10.3 Å². The Kier molecular flexibility index (Phi) is 3.62. The van der Waals surface area contributed by atoms with Crippen molar-refractivity contribution in [2.24, 2.45) is 0 Å². The molecule has 94 valence electrons. The molecule has 1 N–H and O–H groups in total. The van der Waals surface area contributed by atoms with E-state index in [0.29, 0.717) is 29.4 Å². The molecule has 5 heteroatoms. The van der Waals surface area contributed by atoms with Gasteiger partial charge < -0.3 is 14.5 Å². The Balaban J connectivity index is 1.99. The number of rotatable bonds is 4. The Morgan fingerprint density at radius 2 is 2.33 bits per heavy atom. The molecule has 0 saturated heterocycles. The largest absolute Gasteiger partial charge is 0.497 e. The standard InChI is InChI=1S/C13H14N2O3/c1-9-15-11(8-18-9)7-14-13(16)10-4-3-5-12(6-10)17-2/h3-6,8H,7H2,1-2H3,(H,14,16). The van der Waals surface area contributed by atoms with Gasteiger partial charge in [0.1, 0.15) is 12.0 Å². The lowest BCUT2D eigenvalue weighted by molar-refractivity contribution is 0.0950.